The highest BCUT2D eigenvalue weighted by Crippen LogP contribution is 2.44. The van der Waals surface area contributed by atoms with Gasteiger partial charge in [-0.1, -0.05) is 48.5 Å². The van der Waals surface area contributed by atoms with Crippen LogP contribution in [-0.2, 0) is 14.3 Å². The van der Waals surface area contributed by atoms with Crippen LogP contribution < -0.4 is 5.32 Å². The topological polar surface area (TPSA) is 95.9 Å². The van der Waals surface area contributed by atoms with Gasteiger partial charge in [-0.2, -0.15) is 0 Å². The Bertz CT molecular complexity index is 1030. The second-order valence-corrected chi connectivity index (χ2v) is 9.21. The molecule has 1 fully saturated rings. The quantitative estimate of drug-likeness (QED) is 0.744. The van der Waals surface area contributed by atoms with Crippen molar-refractivity contribution in [3.05, 3.63) is 59.7 Å². The number of amides is 2. The second-order valence-electron chi connectivity index (χ2n) is 9.21. The molecule has 0 radical (unpaired) electrons. The van der Waals surface area contributed by atoms with Crippen LogP contribution in [0.4, 0.5) is 4.79 Å². The van der Waals surface area contributed by atoms with Crippen molar-refractivity contribution >= 4 is 18.0 Å². The predicted octanol–water partition coefficient (Wildman–Crippen LogP) is 3.77. The lowest BCUT2D eigenvalue weighted by molar-refractivity contribution is -0.157. The molecule has 1 aliphatic heterocycles. The molecule has 0 unspecified atom stereocenters. The minimum Gasteiger partial charge on any atom is -0.480 e. The Labute approximate surface area is 187 Å². The fraction of sp³-hybridized carbons (Fsp3) is 0.400. The summed E-state index contributed by atoms with van der Waals surface area (Å²) < 4.78 is 5.55. The molecule has 1 saturated heterocycles. The van der Waals surface area contributed by atoms with Crippen LogP contribution in [0.1, 0.15) is 50.7 Å². The highest BCUT2D eigenvalue weighted by molar-refractivity contribution is 5.94. The number of hydrogen-bond donors (Lipinski definition) is 2. The summed E-state index contributed by atoms with van der Waals surface area (Å²) in [6.07, 6.45) is 0.284. The van der Waals surface area contributed by atoms with Crippen molar-refractivity contribution in [2.45, 2.75) is 50.6 Å². The van der Waals surface area contributed by atoms with Gasteiger partial charge in [-0.05, 0) is 55.9 Å². The van der Waals surface area contributed by atoms with Crippen LogP contribution in [0.25, 0.3) is 11.1 Å². The van der Waals surface area contributed by atoms with Gasteiger partial charge >= 0.3 is 12.1 Å². The maximum Gasteiger partial charge on any atom is 0.408 e. The van der Waals surface area contributed by atoms with Crippen molar-refractivity contribution in [2.75, 3.05) is 13.2 Å². The number of rotatable bonds is 5. The Morgan fingerprint density at radius 3 is 2.22 bits per heavy atom. The molecule has 0 bridgehead atoms. The molecule has 0 spiro atoms. The molecule has 7 heteroatoms. The molecule has 2 aromatic carbocycles. The first-order valence-electron chi connectivity index (χ1n) is 10.8. The summed E-state index contributed by atoms with van der Waals surface area (Å²) in [7, 11) is 0. The van der Waals surface area contributed by atoms with Crippen LogP contribution in [0, 0.1) is 0 Å². The third-order valence-electron chi connectivity index (χ3n) is 6.64. The Morgan fingerprint density at radius 2 is 1.66 bits per heavy atom. The number of aliphatic carboxylic acids is 1. The summed E-state index contributed by atoms with van der Waals surface area (Å²) in [5, 5.41) is 12.2. The minimum atomic E-state index is -1.30. The zero-order valence-electron chi connectivity index (χ0n) is 18.6. The highest BCUT2D eigenvalue weighted by Gasteiger charge is 2.49. The van der Waals surface area contributed by atoms with Gasteiger partial charge in [-0.25, -0.2) is 9.59 Å². The van der Waals surface area contributed by atoms with E-state index >= 15 is 0 Å². The predicted molar refractivity (Wildman–Crippen MR) is 119 cm³/mol. The van der Waals surface area contributed by atoms with Gasteiger partial charge in [0.15, 0.2) is 0 Å². The number of carboxylic acid groups (broad SMARTS) is 1. The van der Waals surface area contributed by atoms with Crippen LogP contribution in [0.3, 0.4) is 0 Å². The van der Waals surface area contributed by atoms with Crippen molar-refractivity contribution in [2.24, 2.45) is 0 Å². The van der Waals surface area contributed by atoms with E-state index in [9.17, 15) is 19.5 Å². The van der Waals surface area contributed by atoms with Crippen LogP contribution in [0.15, 0.2) is 48.5 Å². The molecule has 1 aliphatic carbocycles. The normalized spacial score (nSPS) is 19.9. The Hall–Kier alpha value is -3.35. The summed E-state index contributed by atoms with van der Waals surface area (Å²) in [4.78, 5) is 38.8. The maximum atomic E-state index is 13.1. The first kappa shape index (κ1) is 21.9. The van der Waals surface area contributed by atoms with E-state index < -0.39 is 29.0 Å². The lowest BCUT2D eigenvalue weighted by Crippen LogP contribution is -2.61. The third-order valence-corrected chi connectivity index (χ3v) is 6.64. The number of carbonyl (C=O) groups is 3. The average Bonchev–Trinajstić information content (AvgIpc) is 3.30. The van der Waals surface area contributed by atoms with Gasteiger partial charge in [-0.3, -0.25) is 4.79 Å². The second kappa shape index (κ2) is 7.97. The zero-order valence-corrected chi connectivity index (χ0v) is 18.6. The smallest absolute Gasteiger partial charge is 0.408 e. The molecule has 1 heterocycles. The highest BCUT2D eigenvalue weighted by atomic mass is 16.5. The van der Waals surface area contributed by atoms with E-state index in [0.717, 1.165) is 22.3 Å². The molecule has 7 nitrogen and oxygen atoms in total. The number of hydrogen-bond acceptors (Lipinski definition) is 4. The standard InChI is InChI=1S/C25H28N2O5/c1-24(2,21(28)27-14-8-13-25(27,3)22(29)30)26-23(31)32-15-20-18-11-6-4-9-16(18)17-10-5-7-12-19(17)20/h4-7,9-12,20H,8,13-15H2,1-3H3,(H,26,31)(H,29,30)/t25-/m0/s1. The number of alkyl carbamates (subject to hydrolysis) is 1. The van der Waals surface area contributed by atoms with Crippen molar-refractivity contribution in [1.82, 2.24) is 10.2 Å². The Morgan fingerprint density at radius 1 is 1.09 bits per heavy atom. The van der Waals surface area contributed by atoms with E-state index in [1.807, 2.05) is 36.4 Å². The molecular weight excluding hydrogens is 408 g/mol. The van der Waals surface area contributed by atoms with Crippen molar-refractivity contribution < 1.29 is 24.2 Å². The minimum absolute atomic E-state index is 0.0825. The van der Waals surface area contributed by atoms with E-state index in [-0.39, 0.29) is 12.5 Å². The summed E-state index contributed by atoms with van der Waals surface area (Å²) >= 11 is 0. The number of ether oxygens (including phenoxy) is 1. The molecule has 4 rings (SSSR count). The molecule has 32 heavy (non-hydrogen) atoms. The first-order chi connectivity index (χ1) is 15.1. The molecule has 2 aliphatic rings. The van der Waals surface area contributed by atoms with Gasteiger partial charge < -0.3 is 20.1 Å². The van der Waals surface area contributed by atoms with E-state index in [4.69, 9.17) is 4.74 Å². The summed E-state index contributed by atoms with van der Waals surface area (Å²) in [6, 6.07) is 16.1. The Kier molecular flexibility index (Phi) is 5.44. The maximum absolute atomic E-state index is 13.1. The van der Waals surface area contributed by atoms with E-state index in [1.165, 1.54) is 4.90 Å². The molecule has 2 amide bonds. The molecule has 0 aromatic heterocycles. The van der Waals surface area contributed by atoms with E-state index in [2.05, 4.69) is 17.4 Å². The molecule has 2 aromatic rings. The van der Waals surface area contributed by atoms with Gasteiger partial charge in [0.1, 0.15) is 17.7 Å². The fourth-order valence-electron chi connectivity index (χ4n) is 4.79. The number of nitrogens with zero attached hydrogens (tertiary/aromatic N) is 1. The van der Waals surface area contributed by atoms with Crippen LogP contribution in [-0.4, -0.2) is 52.2 Å². The van der Waals surface area contributed by atoms with Gasteiger partial charge in [0.2, 0.25) is 5.91 Å². The summed E-state index contributed by atoms with van der Waals surface area (Å²) in [6.45, 7) is 5.16. The van der Waals surface area contributed by atoms with Crippen LogP contribution >= 0.6 is 0 Å². The SMILES string of the molecule is CC(C)(NC(=O)OCC1c2ccccc2-c2ccccc21)C(=O)N1CCC[C@@]1(C)C(=O)O. The van der Waals surface area contributed by atoms with Gasteiger partial charge in [-0.15, -0.1) is 0 Å². The summed E-state index contributed by atoms with van der Waals surface area (Å²) in [5.41, 5.74) is 1.90. The van der Waals surface area contributed by atoms with Gasteiger partial charge in [0, 0.05) is 12.5 Å². The molecular formula is C25H28N2O5. The number of carbonyl (C=O) groups excluding carboxylic acids is 2. The van der Waals surface area contributed by atoms with E-state index in [0.29, 0.717) is 19.4 Å². The van der Waals surface area contributed by atoms with Gasteiger partial charge in [0.25, 0.3) is 0 Å². The van der Waals surface area contributed by atoms with Gasteiger partial charge in [0.05, 0.1) is 0 Å². The monoisotopic (exact) mass is 436 g/mol. The fourth-order valence-corrected chi connectivity index (χ4v) is 4.79. The molecule has 168 valence electrons. The number of benzene rings is 2. The van der Waals surface area contributed by atoms with Crippen molar-refractivity contribution in [1.29, 1.82) is 0 Å². The number of likely N-dealkylation sites (tertiary alicyclic amines) is 1. The molecule has 1 atom stereocenters. The number of fused-ring (bicyclic) bond motifs is 3. The molecule has 0 saturated carbocycles. The largest absolute Gasteiger partial charge is 0.480 e. The average molecular weight is 437 g/mol. The van der Waals surface area contributed by atoms with Crippen LogP contribution in [0.5, 0.6) is 0 Å². The van der Waals surface area contributed by atoms with Crippen molar-refractivity contribution in [3.8, 4) is 11.1 Å². The van der Waals surface area contributed by atoms with Crippen molar-refractivity contribution in [3.63, 3.8) is 0 Å². The number of nitrogens with one attached hydrogen (secondary N) is 1. The third kappa shape index (κ3) is 3.61. The van der Waals surface area contributed by atoms with E-state index in [1.54, 1.807) is 20.8 Å². The zero-order chi connectivity index (χ0) is 23.1. The number of carboxylic acids is 1. The lowest BCUT2D eigenvalue weighted by atomic mass is 9.96. The lowest BCUT2D eigenvalue weighted by Gasteiger charge is -2.37. The first-order valence-corrected chi connectivity index (χ1v) is 10.8. The Balaban J connectivity index is 1.44. The molecule has 2 N–H and O–H groups in total. The summed E-state index contributed by atoms with van der Waals surface area (Å²) in [5.74, 6) is -1.56. The van der Waals surface area contributed by atoms with Crippen LogP contribution in [0.2, 0.25) is 0 Å².